The fourth-order valence-corrected chi connectivity index (χ4v) is 4.05. The maximum absolute atomic E-state index is 12.8. The van der Waals surface area contributed by atoms with E-state index in [2.05, 4.69) is 4.98 Å². The van der Waals surface area contributed by atoms with Crippen LogP contribution in [-0.2, 0) is 9.53 Å². The molecule has 6 nitrogen and oxygen atoms in total. The second-order valence-corrected chi connectivity index (χ2v) is 7.37. The fraction of sp³-hybridized carbons (Fsp3) is 0.650. The second kappa shape index (κ2) is 9.12. The van der Waals surface area contributed by atoms with Gasteiger partial charge in [0.25, 0.3) is 5.91 Å². The highest BCUT2D eigenvalue weighted by molar-refractivity contribution is 5.92. The molecule has 26 heavy (non-hydrogen) atoms. The molecule has 4 rings (SSSR count). The van der Waals surface area contributed by atoms with Crippen LogP contribution in [0.2, 0.25) is 0 Å². The number of carbonyl (C=O) groups excluding carboxylic acids is 2. The Morgan fingerprint density at radius 2 is 2.04 bits per heavy atom. The summed E-state index contributed by atoms with van der Waals surface area (Å²) in [5.74, 6) is 0.597. The first-order valence-electron chi connectivity index (χ1n) is 9.67. The first-order valence-corrected chi connectivity index (χ1v) is 9.67. The van der Waals surface area contributed by atoms with Crippen molar-refractivity contribution in [1.29, 1.82) is 0 Å². The van der Waals surface area contributed by atoms with Gasteiger partial charge in [0.05, 0.1) is 0 Å². The highest BCUT2D eigenvalue weighted by Gasteiger charge is 2.38. The minimum atomic E-state index is -0.0173. The van der Waals surface area contributed by atoms with Crippen molar-refractivity contribution in [2.45, 2.75) is 44.6 Å². The van der Waals surface area contributed by atoms with E-state index in [1.54, 1.807) is 19.4 Å². The van der Waals surface area contributed by atoms with Crippen molar-refractivity contribution >= 4 is 11.8 Å². The van der Waals surface area contributed by atoms with Crippen LogP contribution in [0.4, 0.5) is 0 Å². The van der Waals surface area contributed by atoms with E-state index in [0.29, 0.717) is 24.6 Å². The summed E-state index contributed by atoms with van der Waals surface area (Å²) in [4.78, 5) is 33.6. The van der Waals surface area contributed by atoms with Gasteiger partial charge in [0.1, 0.15) is 5.69 Å². The lowest BCUT2D eigenvalue weighted by Crippen LogP contribution is -2.47. The van der Waals surface area contributed by atoms with Crippen molar-refractivity contribution in [1.82, 2.24) is 14.8 Å². The molecule has 6 heteroatoms. The number of rotatable bonds is 7. The van der Waals surface area contributed by atoms with E-state index in [1.165, 1.54) is 0 Å². The van der Waals surface area contributed by atoms with Crippen LogP contribution in [-0.4, -0.2) is 66.0 Å². The molecule has 3 aliphatic rings. The van der Waals surface area contributed by atoms with Crippen molar-refractivity contribution in [3.8, 4) is 0 Å². The standard InChI is InChI=1S/C20H29N3O3/c1-26-12-6-2-3-8-19(24)23-14-16-9-10-17(23)15-22(13-16)20(25)18-7-4-5-11-21-18/h4-5,7,11,16-17H,2-3,6,8-10,12-15H2,1H3/t16-,17+/m0/s1. The molecule has 3 aliphatic heterocycles. The van der Waals surface area contributed by atoms with Crippen molar-refractivity contribution in [2.75, 3.05) is 33.4 Å². The third kappa shape index (κ3) is 4.61. The number of hydrogen-bond acceptors (Lipinski definition) is 4. The van der Waals surface area contributed by atoms with Crippen LogP contribution < -0.4 is 0 Å². The summed E-state index contributed by atoms with van der Waals surface area (Å²) in [6.45, 7) is 2.89. The van der Waals surface area contributed by atoms with Gasteiger partial charge in [-0.3, -0.25) is 14.6 Å². The minimum absolute atomic E-state index is 0.0173. The van der Waals surface area contributed by atoms with Crippen LogP contribution in [0.3, 0.4) is 0 Å². The van der Waals surface area contributed by atoms with Gasteiger partial charge in [0, 0.05) is 52.0 Å². The molecule has 3 fully saturated rings. The zero-order valence-electron chi connectivity index (χ0n) is 15.6. The largest absolute Gasteiger partial charge is 0.385 e. The maximum Gasteiger partial charge on any atom is 0.272 e. The topological polar surface area (TPSA) is 62.7 Å². The first-order chi connectivity index (χ1) is 12.7. The Morgan fingerprint density at radius 3 is 2.81 bits per heavy atom. The summed E-state index contributed by atoms with van der Waals surface area (Å²) < 4.78 is 5.05. The van der Waals surface area contributed by atoms with Gasteiger partial charge in [-0.1, -0.05) is 12.5 Å². The van der Waals surface area contributed by atoms with Crippen molar-refractivity contribution < 1.29 is 14.3 Å². The van der Waals surface area contributed by atoms with E-state index >= 15 is 0 Å². The monoisotopic (exact) mass is 359 g/mol. The van der Waals surface area contributed by atoms with Crippen molar-refractivity contribution in [3.63, 3.8) is 0 Å². The highest BCUT2D eigenvalue weighted by atomic mass is 16.5. The van der Waals surface area contributed by atoms with Crippen molar-refractivity contribution in [3.05, 3.63) is 30.1 Å². The summed E-state index contributed by atoms with van der Waals surface area (Å²) in [5, 5.41) is 0. The van der Waals surface area contributed by atoms with Crippen LogP contribution in [0.25, 0.3) is 0 Å². The Hall–Kier alpha value is -1.95. The molecule has 0 unspecified atom stereocenters. The van der Waals surface area contributed by atoms with E-state index in [0.717, 1.165) is 51.8 Å². The minimum Gasteiger partial charge on any atom is -0.385 e. The van der Waals surface area contributed by atoms with E-state index in [9.17, 15) is 9.59 Å². The lowest BCUT2D eigenvalue weighted by molar-refractivity contribution is -0.135. The van der Waals surface area contributed by atoms with Gasteiger partial charge in [-0.2, -0.15) is 0 Å². The molecule has 2 amide bonds. The van der Waals surface area contributed by atoms with Gasteiger partial charge in [-0.15, -0.1) is 0 Å². The maximum atomic E-state index is 12.8. The van der Waals surface area contributed by atoms with Crippen molar-refractivity contribution in [2.24, 2.45) is 5.92 Å². The normalized spacial score (nSPS) is 22.3. The number of pyridine rings is 1. The lowest BCUT2D eigenvalue weighted by Gasteiger charge is -2.36. The third-order valence-corrected chi connectivity index (χ3v) is 5.44. The Labute approximate surface area is 155 Å². The van der Waals surface area contributed by atoms with Gasteiger partial charge in [0.2, 0.25) is 5.91 Å². The SMILES string of the molecule is COCCCCCC(=O)N1C[C@H]2CC[C@@H]1CN(C(=O)c1ccccn1)C2. The quantitative estimate of drug-likeness (QED) is 0.701. The molecule has 0 N–H and O–H groups in total. The summed E-state index contributed by atoms with van der Waals surface area (Å²) in [6.07, 6.45) is 7.27. The molecule has 3 saturated heterocycles. The number of ether oxygens (including phenoxy) is 1. The van der Waals surface area contributed by atoms with Crippen LogP contribution in [0.5, 0.6) is 0 Å². The van der Waals surface area contributed by atoms with Crippen LogP contribution in [0.15, 0.2) is 24.4 Å². The number of piperidine rings is 1. The predicted octanol–water partition coefficient (Wildman–Crippen LogP) is 2.35. The molecule has 1 aromatic heterocycles. The number of fused-ring (bicyclic) bond motifs is 4. The number of carbonyl (C=O) groups is 2. The first kappa shape index (κ1) is 18.8. The van der Waals surface area contributed by atoms with E-state index in [-0.39, 0.29) is 17.9 Å². The Balaban J connectivity index is 1.57. The second-order valence-electron chi connectivity index (χ2n) is 7.37. The smallest absolute Gasteiger partial charge is 0.272 e. The van der Waals surface area contributed by atoms with Gasteiger partial charge >= 0.3 is 0 Å². The predicted molar refractivity (Wildman–Crippen MR) is 98.7 cm³/mol. The summed E-state index contributed by atoms with van der Waals surface area (Å²) >= 11 is 0. The van der Waals surface area contributed by atoms with Gasteiger partial charge < -0.3 is 14.5 Å². The summed E-state index contributed by atoms with van der Waals surface area (Å²) in [6, 6.07) is 5.56. The molecule has 0 spiro atoms. The lowest BCUT2D eigenvalue weighted by atomic mass is 9.94. The number of amides is 2. The number of aromatic nitrogens is 1. The Morgan fingerprint density at radius 1 is 1.15 bits per heavy atom. The summed E-state index contributed by atoms with van der Waals surface area (Å²) in [5.41, 5.74) is 0.491. The molecular weight excluding hydrogens is 330 g/mol. The summed E-state index contributed by atoms with van der Waals surface area (Å²) in [7, 11) is 1.71. The van der Waals surface area contributed by atoms with Crippen LogP contribution in [0, 0.1) is 5.92 Å². The molecule has 1 aromatic rings. The zero-order valence-corrected chi connectivity index (χ0v) is 15.6. The molecule has 2 bridgehead atoms. The molecular formula is C20H29N3O3. The molecule has 4 heterocycles. The van der Waals surface area contributed by atoms with Crippen LogP contribution in [0.1, 0.15) is 49.0 Å². The molecule has 0 aliphatic carbocycles. The Bertz CT molecular complexity index is 608. The van der Waals surface area contributed by atoms with E-state index in [4.69, 9.17) is 4.74 Å². The molecule has 0 radical (unpaired) electrons. The van der Waals surface area contributed by atoms with Gasteiger partial charge in [-0.05, 0) is 43.7 Å². The molecule has 142 valence electrons. The average Bonchev–Trinajstić information content (AvgIpc) is 3.00. The highest BCUT2D eigenvalue weighted by Crippen LogP contribution is 2.29. The van der Waals surface area contributed by atoms with E-state index in [1.807, 2.05) is 21.9 Å². The molecule has 2 atom stereocenters. The third-order valence-electron chi connectivity index (χ3n) is 5.44. The number of unbranched alkanes of at least 4 members (excludes halogenated alkanes) is 2. The number of nitrogens with zero attached hydrogens (tertiary/aromatic N) is 3. The van der Waals surface area contributed by atoms with Gasteiger partial charge in [0.15, 0.2) is 0 Å². The fourth-order valence-electron chi connectivity index (χ4n) is 4.05. The number of methoxy groups -OCH3 is 1. The van der Waals surface area contributed by atoms with Crippen LogP contribution >= 0.6 is 0 Å². The Kier molecular flexibility index (Phi) is 6.61. The van der Waals surface area contributed by atoms with E-state index < -0.39 is 0 Å². The zero-order chi connectivity index (χ0) is 18.4. The average molecular weight is 359 g/mol. The van der Waals surface area contributed by atoms with Gasteiger partial charge in [-0.25, -0.2) is 0 Å². The molecule has 0 saturated carbocycles. The number of hydrogen-bond donors (Lipinski definition) is 0. The molecule has 0 aromatic carbocycles.